The average molecular weight is 476 g/mol. The van der Waals surface area contributed by atoms with Crippen LogP contribution in [-0.4, -0.2) is 25.5 Å². The number of anilines is 2. The van der Waals surface area contributed by atoms with Gasteiger partial charge in [-0.05, 0) is 73.2 Å². The molecule has 8 heteroatoms. The highest BCUT2D eigenvalue weighted by atomic mass is 35.5. The molecule has 0 saturated heterocycles. The van der Waals surface area contributed by atoms with E-state index in [0.29, 0.717) is 33.5 Å². The molecule has 3 aromatic carbocycles. The maximum atomic E-state index is 12.6. The standard InChI is InChI=1S/C26H22ClN3O4/c1-17-4-3-5-22(12-17)30-26(32)19(15-28)13-18-14-20(27)6-11-24(18)34-16-25(31)29-21-7-9-23(33-2)10-8-21/h3-14H,16H2,1-2H3,(H,29,31)(H,30,32)/b19-13+. The van der Waals surface area contributed by atoms with Crippen molar-refractivity contribution in [1.29, 1.82) is 5.26 Å². The number of carbonyl (C=O) groups excluding carboxylic acids is 2. The number of benzene rings is 3. The van der Waals surface area contributed by atoms with Crippen LogP contribution in [0.3, 0.4) is 0 Å². The zero-order valence-corrected chi connectivity index (χ0v) is 19.3. The van der Waals surface area contributed by atoms with E-state index >= 15 is 0 Å². The monoisotopic (exact) mass is 475 g/mol. The predicted octanol–water partition coefficient (Wildman–Crippen LogP) is 5.22. The van der Waals surface area contributed by atoms with Crippen LogP contribution in [0.25, 0.3) is 6.08 Å². The van der Waals surface area contributed by atoms with Gasteiger partial charge in [-0.2, -0.15) is 5.26 Å². The van der Waals surface area contributed by atoms with Gasteiger partial charge < -0.3 is 20.1 Å². The third-order valence-electron chi connectivity index (χ3n) is 4.65. The summed E-state index contributed by atoms with van der Waals surface area (Å²) in [4.78, 5) is 24.9. The van der Waals surface area contributed by atoms with Gasteiger partial charge in [0, 0.05) is 22.0 Å². The highest BCUT2D eigenvalue weighted by Gasteiger charge is 2.13. The lowest BCUT2D eigenvalue weighted by molar-refractivity contribution is -0.118. The summed E-state index contributed by atoms with van der Waals surface area (Å²) >= 11 is 6.11. The van der Waals surface area contributed by atoms with E-state index in [9.17, 15) is 14.9 Å². The SMILES string of the molecule is COc1ccc(NC(=O)COc2ccc(Cl)cc2/C=C(\C#N)C(=O)Nc2cccc(C)c2)cc1. The van der Waals surface area contributed by atoms with Gasteiger partial charge in [-0.15, -0.1) is 0 Å². The van der Waals surface area contributed by atoms with E-state index in [1.165, 1.54) is 6.08 Å². The fourth-order valence-corrected chi connectivity index (χ4v) is 3.18. The minimum Gasteiger partial charge on any atom is -0.497 e. The van der Waals surface area contributed by atoms with Gasteiger partial charge in [-0.3, -0.25) is 9.59 Å². The Morgan fingerprint density at radius 2 is 1.79 bits per heavy atom. The molecule has 0 aliphatic carbocycles. The van der Waals surface area contributed by atoms with Crippen LogP contribution >= 0.6 is 11.6 Å². The Kier molecular flexibility index (Phi) is 8.27. The van der Waals surface area contributed by atoms with Gasteiger partial charge in [0.05, 0.1) is 7.11 Å². The highest BCUT2D eigenvalue weighted by molar-refractivity contribution is 6.30. The summed E-state index contributed by atoms with van der Waals surface area (Å²) in [6.45, 7) is 1.61. The highest BCUT2D eigenvalue weighted by Crippen LogP contribution is 2.26. The van der Waals surface area contributed by atoms with Crippen molar-refractivity contribution in [3.63, 3.8) is 0 Å². The average Bonchev–Trinajstić information content (AvgIpc) is 2.82. The summed E-state index contributed by atoms with van der Waals surface area (Å²) in [5.41, 5.74) is 2.38. The van der Waals surface area contributed by atoms with Crippen molar-refractivity contribution in [3.05, 3.63) is 88.5 Å². The molecule has 2 N–H and O–H groups in total. The predicted molar refractivity (Wildman–Crippen MR) is 132 cm³/mol. The lowest BCUT2D eigenvalue weighted by Crippen LogP contribution is -2.20. The molecule has 0 aliphatic heterocycles. The van der Waals surface area contributed by atoms with Crippen molar-refractivity contribution in [1.82, 2.24) is 0 Å². The number of nitrogens with one attached hydrogen (secondary N) is 2. The summed E-state index contributed by atoms with van der Waals surface area (Å²) in [5.74, 6) is 0.0148. The second kappa shape index (κ2) is 11.5. The lowest BCUT2D eigenvalue weighted by atomic mass is 10.1. The fraction of sp³-hybridized carbons (Fsp3) is 0.115. The van der Waals surface area contributed by atoms with Crippen LogP contribution in [0.2, 0.25) is 5.02 Å². The molecule has 0 atom stereocenters. The molecular weight excluding hydrogens is 454 g/mol. The van der Waals surface area contributed by atoms with Gasteiger partial charge in [0.2, 0.25) is 0 Å². The first-order chi connectivity index (χ1) is 16.4. The van der Waals surface area contributed by atoms with E-state index < -0.39 is 5.91 Å². The van der Waals surface area contributed by atoms with Gasteiger partial charge in [-0.1, -0.05) is 23.7 Å². The third-order valence-corrected chi connectivity index (χ3v) is 4.88. The van der Waals surface area contributed by atoms with Crippen LogP contribution in [0.4, 0.5) is 11.4 Å². The number of nitrogens with zero attached hydrogens (tertiary/aromatic N) is 1. The van der Waals surface area contributed by atoms with Crippen molar-refractivity contribution in [2.24, 2.45) is 0 Å². The van der Waals surface area contributed by atoms with E-state index in [-0.39, 0.29) is 18.1 Å². The van der Waals surface area contributed by atoms with Crippen molar-refractivity contribution in [2.75, 3.05) is 24.4 Å². The Hall–Kier alpha value is -4.28. The van der Waals surface area contributed by atoms with Gasteiger partial charge in [0.15, 0.2) is 6.61 Å². The molecule has 0 radical (unpaired) electrons. The Balaban J connectivity index is 1.72. The number of hydrogen-bond acceptors (Lipinski definition) is 5. The summed E-state index contributed by atoms with van der Waals surface area (Å²) in [5, 5.41) is 15.3. The van der Waals surface area contributed by atoms with Crippen LogP contribution in [0, 0.1) is 18.3 Å². The molecule has 0 unspecified atom stereocenters. The van der Waals surface area contributed by atoms with Crippen molar-refractivity contribution < 1.29 is 19.1 Å². The van der Waals surface area contributed by atoms with Gasteiger partial charge in [0.1, 0.15) is 23.1 Å². The maximum Gasteiger partial charge on any atom is 0.266 e. The molecule has 7 nitrogen and oxygen atoms in total. The Labute approximate surface area is 202 Å². The van der Waals surface area contributed by atoms with Gasteiger partial charge >= 0.3 is 0 Å². The van der Waals surface area contributed by atoms with Crippen LogP contribution in [0.1, 0.15) is 11.1 Å². The summed E-state index contributed by atoms with van der Waals surface area (Å²) in [7, 11) is 1.56. The first-order valence-corrected chi connectivity index (χ1v) is 10.6. The number of carbonyl (C=O) groups is 2. The van der Waals surface area contributed by atoms with Crippen LogP contribution < -0.4 is 20.1 Å². The van der Waals surface area contributed by atoms with E-state index in [1.807, 2.05) is 19.1 Å². The number of ether oxygens (including phenoxy) is 2. The number of aryl methyl sites for hydroxylation is 1. The van der Waals surface area contributed by atoms with Crippen molar-refractivity contribution in [3.8, 4) is 17.6 Å². The number of nitriles is 1. The van der Waals surface area contributed by atoms with E-state index in [1.54, 1.807) is 67.8 Å². The van der Waals surface area contributed by atoms with Gasteiger partial charge in [0.25, 0.3) is 11.8 Å². The number of amides is 2. The second-order valence-electron chi connectivity index (χ2n) is 7.24. The Morgan fingerprint density at radius 1 is 1.03 bits per heavy atom. The zero-order valence-electron chi connectivity index (χ0n) is 18.6. The first kappa shape index (κ1) is 24.4. The molecule has 2 amide bonds. The van der Waals surface area contributed by atoms with Gasteiger partial charge in [-0.25, -0.2) is 0 Å². The quantitative estimate of drug-likeness (QED) is 0.343. The largest absolute Gasteiger partial charge is 0.497 e. The summed E-state index contributed by atoms with van der Waals surface area (Å²) in [6.07, 6.45) is 1.37. The molecule has 0 spiro atoms. The smallest absolute Gasteiger partial charge is 0.266 e. The minimum atomic E-state index is -0.573. The zero-order chi connectivity index (χ0) is 24.5. The van der Waals surface area contributed by atoms with E-state index in [4.69, 9.17) is 21.1 Å². The molecule has 0 fully saturated rings. The minimum absolute atomic E-state index is 0.142. The first-order valence-electron chi connectivity index (χ1n) is 10.2. The molecule has 172 valence electrons. The van der Waals surface area contributed by atoms with Crippen LogP contribution in [0.15, 0.2) is 72.3 Å². The normalized spacial score (nSPS) is 10.7. The molecule has 0 bridgehead atoms. The fourth-order valence-electron chi connectivity index (χ4n) is 3.00. The van der Waals surface area contributed by atoms with Crippen molar-refractivity contribution in [2.45, 2.75) is 6.92 Å². The Bertz CT molecular complexity index is 1260. The van der Waals surface area contributed by atoms with Crippen molar-refractivity contribution >= 4 is 40.9 Å². The topological polar surface area (TPSA) is 100 Å². The summed E-state index contributed by atoms with van der Waals surface area (Å²) in [6, 6.07) is 20.7. The Morgan fingerprint density at radius 3 is 2.47 bits per heavy atom. The molecule has 3 aromatic rings. The number of rotatable bonds is 8. The molecule has 0 heterocycles. The summed E-state index contributed by atoms with van der Waals surface area (Å²) < 4.78 is 10.7. The maximum absolute atomic E-state index is 12.6. The van der Waals surface area contributed by atoms with Crippen LogP contribution in [-0.2, 0) is 9.59 Å². The number of hydrogen-bond donors (Lipinski definition) is 2. The van der Waals surface area contributed by atoms with E-state index in [2.05, 4.69) is 10.6 Å². The number of halogens is 1. The molecule has 0 aliphatic rings. The molecule has 34 heavy (non-hydrogen) atoms. The second-order valence-corrected chi connectivity index (χ2v) is 7.68. The molecule has 0 aromatic heterocycles. The third kappa shape index (κ3) is 6.86. The molecule has 3 rings (SSSR count). The molecular formula is C26H22ClN3O4. The lowest BCUT2D eigenvalue weighted by Gasteiger charge is -2.11. The van der Waals surface area contributed by atoms with E-state index in [0.717, 1.165) is 5.56 Å². The van der Waals surface area contributed by atoms with Crippen LogP contribution in [0.5, 0.6) is 11.5 Å². The molecule has 0 saturated carbocycles. The number of methoxy groups -OCH3 is 1.